The molecule has 0 bridgehead atoms. The van der Waals surface area contributed by atoms with Crippen molar-refractivity contribution >= 4 is 21.4 Å². The third-order valence-electron chi connectivity index (χ3n) is 2.82. The maximum Gasteiger partial charge on any atom is 0.312 e. The van der Waals surface area contributed by atoms with Gasteiger partial charge in [0.25, 0.3) is 0 Å². The molecule has 112 valence electrons. The number of nitrogens with two attached hydrogens (primary N) is 1. The van der Waals surface area contributed by atoms with Crippen LogP contribution in [0.4, 0.5) is 11.4 Å². The van der Waals surface area contributed by atoms with Gasteiger partial charge >= 0.3 is 5.69 Å². The first-order valence-electron chi connectivity index (χ1n) is 6.28. The Bertz CT molecular complexity index is 599. The first kappa shape index (κ1) is 16.4. The highest BCUT2D eigenvalue weighted by Crippen LogP contribution is 2.32. The average Bonchev–Trinajstić information content (AvgIpc) is 2.34. The highest BCUT2D eigenvalue weighted by Gasteiger charge is 2.34. The minimum absolute atomic E-state index is 0.156. The Morgan fingerprint density at radius 1 is 1.40 bits per heavy atom. The molecule has 0 amide bonds. The molecule has 1 aromatic rings. The minimum atomic E-state index is -3.95. The zero-order valence-corrected chi connectivity index (χ0v) is 12.6. The molecule has 0 unspecified atom stereocenters. The van der Waals surface area contributed by atoms with Crippen LogP contribution in [0.25, 0.3) is 0 Å². The molecule has 0 saturated heterocycles. The van der Waals surface area contributed by atoms with Crippen LogP contribution in [0.5, 0.6) is 0 Å². The van der Waals surface area contributed by atoms with Gasteiger partial charge < -0.3 is 5.73 Å². The molecule has 1 aromatic carbocycles. The Kier molecular flexibility index (Phi) is 5.07. The highest BCUT2D eigenvalue weighted by atomic mass is 32.2. The van der Waals surface area contributed by atoms with Gasteiger partial charge in [-0.3, -0.25) is 10.1 Å². The third kappa shape index (κ3) is 3.07. The number of anilines is 1. The fourth-order valence-electron chi connectivity index (χ4n) is 1.95. The molecule has 8 heteroatoms. The molecular formula is C12H19N3O4S. The molecule has 0 aliphatic heterocycles. The number of nitrogens with zero attached hydrogens (tertiary/aromatic N) is 2. The Labute approximate surface area is 118 Å². The lowest BCUT2D eigenvalue weighted by molar-refractivity contribution is -0.386. The van der Waals surface area contributed by atoms with Crippen molar-refractivity contribution in [1.82, 2.24) is 4.31 Å². The van der Waals surface area contributed by atoms with Crippen LogP contribution < -0.4 is 5.73 Å². The number of hydrogen-bond acceptors (Lipinski definition) is 5. The monoisotopic (exact) mass is 301 g/mol. The zero-order chi connectivity index (χ0) is 15.5. The average molecular weight is 301 g/mol. The van der Waals surface area contributed by atoms with E-state index in [1.54, 1.807) is 13.8 Å². The second-order valence-corrected chi connectivity index (χ2v) is 6.52. The van der Waals surface area contributed by atoms with Crippen molar-refractivity contribution < 1.29 is 13.3 Å². The predicted octanol–water partition coefficient (Wildman–Crippen LogP) is 1.99. The molecule has 0 aliphatic rings. The number of rotatable bonds is 6. The lowest BCUT2D eigenvalue weighted by atomic mass is 10.3. The van der Waals surface area contributed by atoms with Crippen LogP contribution in [0, 0.1) is 10.1 Å². The summed E-state index contributed by atoms with van der Waals surface area (Å²) in [7, 11) is -3.95. The molecule has 7 nitrogen and oxygen atoms in total. The van der Waals surface area contributed by atoms with Gasteiger partial charge in [0.2, 0.25) is 10.0 Å². The van der Waals surface area contributed by atoms with Crippen LogP contribution in [0.3, 0.4) is 0 Å². The molecule has 0 aliphatic carbocycles. The second kappa shape index (κ2) is 6.19. The van der Waals surface area contributed by atoms with Gasteiger partial charge in [0.05, 0.1) is 4.92 Å². The molecule has 20 heavy (non-hydrogen) atoms. The Balaban J connectivity index is 3.49. The summed E-state index contributed by atoms with van der Waals surface area (Å²) < 4.78 is 26.5. The molecule has 0 spiro atoms. The van der Waals surface area contributed by atoms with Crippen LogP contribution in [0.2, 0.25) is 0 Å². The molecule has 1 rings (SSSR count). The summed E-state index contributed by atoms with van der Waals surface area (Å²) in [6.45, 7) is 5.60. The van der Waals surface area contributed by atoms with Crippen LogP contribution in [0.15, 0.2) is 23.1 Å². The van der Waals surface area contributed by atoms with Gasteiger partial charge in [-0.1, -0.05) is 13.0 Å². The smallest absolute Gasteiger partial charge is 0.312 e. The van der Waals surface area contributed by atoms with Crippen molar-refractivity contribution in [2.75, 3.05) is 12.3 Å². The Morgan fingerprint density at radius 2 is 2.00 bits per heavy atom. The summed E-state index contributed by atoms with van der Waals surface area (Å²) in [5.74, 6) is 0. The summed E-state index contributed by atoms with van der Waals surface area (Å²) in [4.78, 5) is 9.97. The number of para-hydroxylation sites is 1. The van der Waals surface area contributed by atoms with E-state index < -0.39 is 20.6 Å². The van der Waals surface area contributed by atoms with Gasteiger partial charge in [0.1, 0.15) is 5.69 Å². The Hall–Kier alpha value is -1.67. The molecule has 0 heterocycles. The Morgan fingerprint density at radius 3 is 2.45 bits per heavy atom. The van der Waals surface area contributed by atoms with E-state index in [4.69, 9.17) is 5.73 Å². The SMILES string of the molecule is CCCN(C(C)C)S(=O)(=O)c1cccc(N)c1[N+](=O)[O-]. The van der Waals surface area contributed by atoms with Gasteiger partial charge in [-0.2, -0.15) is 4.31 Å². The van der Waals surface area contributed by atoms with Crippen LogP contribution in [-0.2, 0) is 10.0 Å². The van der Waals surface area contributed by atoms with Crippen molar-refractivity contribution in [2.24, 2.45) is 0 Å². The summed E-state index contributed by atoms with van der Waals surface area (Å²) in [6.07, 6.45) is 0.619. The number of hydrogen-bond donors (Lipinski definition) is 1. The van der Waals surface area contributed by atoms with Gasteiger partial charge in [-0.25, -0.2) is 8.42 Å². The summed E-state index contributed by atoms with van der Waals surface area (Å²) in [6, 6.07) is 3.64. The zero-order valence-electron chi connectivity index (χ0n) is 11.7. The number of sulfonamides is 1. The number of benzene rings is 1. The largest absolute Gasteiger partial charge is 0.393 e. The number of nitro groups is 1. The van der Waals surface area contributed by atoms with E-state index in [-0.39, 0.29) is 16.6 Å². The van der Waals surface area contributed by atoms with Crippen LogP contribution in [0.1, 0.15) is 27.2 Å². The van der Waals surface area contributed by atoms with Gasteiger partial charge in [0.15, 0.2) is 4.90 Å². The highest BCUT2D eigenvalue weighted by molar-refractivity contribution is 7.89. The third-order valence-corrected chi connectivity index (χ3v) is 4.93. The van der Waals surface area contributed by atoms with Crippen molar-refractivity contribution in [3.05, 3.63) is 28.3 Å². The molecule has 2 N–H and O–H groups in total. The molecule has 0 atom stereocenters. The van der Waals surface area contributed by atoms with Crippen molar-refractivity contribution in [3.63, 3.8) is 0 Å². The van der Waals surface area contributed by atoms with E-state index in [0.717, 1.165) is 0 Å². The van der Waals surface area contributed by atoms with Gasteiger partial charge in [0, 0.05) is 12.6 Å². The maximum absolute atomic E-state index is 12.6. The van der Waals surface area contributed by atoms with E-state index >= 15 is 0 Å². The first-order chi connectivity index (χ1) is 9.23. The summed E-state index contributed by atoms with van der Waals surface area (Å²) in [5, 5.41) is 11.1. The molecular weight excluding hydrogens is 282 g/mol. The van der Waals surface area contributed by atoms with E-state index in [1.807, 2.05) is 6.92 Å². The molecule has 0 fully saturated rings. The number of nitro benzene ring substituents is 1. The summed E-state index contributed by atoms with van der Waals surface area (Å²) >= 11 is 0. The molecule has 0 saturated carbocycles. The van der Waals surface area contributed by atoms with E-state index in [1.165, 1.54) is 22.5 Å². The van der Waals surface area contributed by atoms with E-state index in [2.05, 4.69) is 0 Å². The van der Waals surface area contributed by atoms with Crippen molar-refractivity contribution in [1.29, 1.82) is 0 Å². The topological polar surface area (TPSA) is 107 Å². The fourth-order valence-corrected chi connectivity index (χ4v) is 3.86. The van der Waals surface area contributed by atoms with E-state index in [9.17, 15) is 18.5 Å². The standard InChI is InChI=1S/C12H19N3O4S/c1-4-8-14(9(2)3)20(18,19)11-7-5-6-10(13)12(11)15(16)17/h5-7,9H,4,8,13H2,1-3H3. The van der Waals surface area contributed by atoms with Crippen LogP contribution in [-0.4, -0.2) is 30.2 Å². The first-order valence-corrected chi connectivity index (χ1v) is 7.72. The maximum atomic E-state index is 12.6. The lowest BCUT2D eigenvalue weighted by Crippen LogP contribution is -2.37. The predicted molar refractivity (Wildman–Crippen MR) is 76.8 cm³/mol. The number of nitrogen functional groups attached to an aromatic ring is 1. The van der Waals surface area contributed by atoms with Crippen molar-refractivity contribution in [3.8, 4) is 0 Å². The second-order valence-electron chi connectivity index (χ2n) is 4.66. The van der Waals surface area contributed by atoms with Gasteiger partial charge in [-0.15, -0.1) is 0 Å². The van der Waals surface area contributed by atoms with E-state index in [0.29, 0.717) is 13.0 Å². The molecule has 0 radical (unpaired) electrons. The lowest BCUT2D eigenvalue weighted by Gasteiger charge is -2.25. The minimum Gasteiger partial charge on any atom is -0.393 e. The summed E-state index contributed by atoms with van der Waals surface area (Å²) in [5.41, 5.74) is 4.83. The van der Waals surface area contributed by atoms with Crippen LogP contribution >= 0.6 is 0 Å². The molecule has 0 aromatic heterocycles. The van der Waals surface area contributed by atoms with Crippen molar-refractivity contribution in [2.45, 2.75) is 38.1 Å². The quantitative estimate of drug-likeness (QED) is 0.491. The normalized spacial score (nSPS) is 12.1. The fraction of sp³-hybridized carbons (Fsp3) is 0.500. The van der Waals surface area contributed by atoms with Gasteiger partial charge in [-0.05, 0) is 32.4 Å².